The van der Waals surface area contributed by atoms with E-state index < -0.39 is 0 Å². The van der Waals surface area contributed by atoms with Crippen molar-refractivity contribution in [3.05, 3.63) is 58.9 Å². The molecule has 0 aliphatic carbocycles. The molecule has 7 nitrogen and oxygen atoms in total. The van der Waals surface area contributed by atoms with E-state index in [4.69, 9.17) is 4.74 Å². The van der Waals surface area contributed by atoms with E-state index in [1.165, 1.54) is 43.2 Å². The Balaban J connectivity index is 1.58. The van der Waals surface area contributed by atoms with Gasteiger partial charge in [-0.15, -0.1) is 10.2 Å². The number of carbonyl (C=O) groups excluding carboxylic acids is 1. The summed E-state index contributed by atoms with van der Waals surface area (Å²) in [5.74, 6) is 0.810. The molecule has 1 aliphatic heterocycles. The molecule has 0 spiro atoms. The molecule has 35 heavy (non-hydrogen) atoms. The Morgan fingerprint density at radius 3 is 2.54 bits per heavy atom. The number of likely N-dealkylation sites (tertiary alicyclic amines) is 1. The minimum atomic E-state index is -0.291. The maximum absolute atomic E-state index is 13.7. The molecule has 0 bridgehead atoms. The lowest BCUT2D eigenvalue weighted by Crippen LogP contribution is -2.33. The van der Waals surface area contributed by atoms with Crippen molar-refractivity contribution in [1.29, 1.82) is 0 Å². The Kier molecular flexibility index (Phi) is 8.41. The lowest BCUT2D eigenvalue weighted by Gasteiger charge is -2.31. The van der Waals surface area contributed by atoms with Crippen LogP contribution in [0.25, 0.3) is 5.69 Å². The van der Waals surface area contributed by atoms with Gasteiger partial charge in [-0.3, -0.25) is 14.3 Å². The van der Waals surface area contributed by atoms with Crippen LogP contribution < -0.4 is 0 Å². The Morgan fingerprint density at radius 2 is 1.86 bits per heavy atom. The molecule has 1 aliphatic rings. The second-order valence-electron chi connectivity index (χ2n) is 9.07. The second-order valence-corrected chi connectivity index (χ2v) is 10.0. The first kappa shape index (κ1) is 25.6. The summed E-state index contributed by atoms with van der Waals surface area (Å²) >= 11 is 1.37. The summed E-state index contributed by atoms with van der Waals surface area (Å²) in [6, 6.07) is 8.37. The zero-order valence-corrected chi connectivity index (χ0v) is 21.8. The molecule has 1 unspecified atom stereocenters. The van der Waals surface area contributed by atoms with Crippen LogP contribution in [-0.2, 0) is 11.3 Å². The van der Waals surface area contributed by atoms with Crippen molar-refractivity contribution >= 4 is 17.5 Å². The van der Waals surface area contributed by atoms with E-state index in [0.29, 0.717) is 18.3 Å². The van der Waals surface area contributed by atoms with E-state index in [9.17, 15) is 9.18 Å². The number of ketones is 1. The number of hydrogen-bond acceptors (Lipinski definition) is 6. The fourth-order valence-electron chi connectivity index (χ4n) is 4.77. The molecule has 0 amide bonds. The van der Waals surface area contributed by atoms with Crippen LogP contribution in [0.5, 0.6) is 0 Å². The van der Waals surface area contributed by atoms with E-state index in [1.54, 1.807) is 19.2 Å². The molecule has 188 valence electrons. The SMILES string of the molecule is COCCn1c(C)cc(C(=O)CSc2nnc(C(C)N3CCCCC3)n2-c2ccc(F)cc2)c1C. The van der Waals surface area contributed by atoms with Gasteiger partial charge < -0.3 is 9.30 Å². The quantitative estimate of drug-likeness (QED) is 0.289. The number of rotatable bonds is 10. The molecule has 0 saturated carbocycles. The van der Waals surface area contributed by atoms with Crippen molar-refractivity contribution < 1.29 is 13.9 Å². The number of benzene rings is 1. The Bertz CT molecular complexity index is 1150. The van der Waals surface area contributed by atoms with Gasteiger partial charge >= 0.3 is 0 Å². The third kappa shape index (κ3) is 5.68. The maximum atomic E-state index is 13.7. The van der Waals surface area contributed by atoms with Gasteiger partial charge in [0.15, 0.2) is 16.8 Å². The number of aromatic nitrogens is 4. The van der Waals surface area contributed by atoms with Crippen molar-refractivity contribution in [3.8, 4) is 5.69 Å². The smallest absolute Gasteiger partial charge is 0.196 e. The first-order valence-electron chi connectivity index (χ1n) is 12.2. The number of nitrogens with zero attached hydrogens (tertiary/aromatic N) is 5. The van der Waals surface area contributed by atoms with Crippen LogP contribution in [0.2, 0.25) is 0 Å². The highest BCUT2D eigenvalue weighted by atomic mass is 32.2. The number of thioether (sulfide) groups is 1. The van der Waals surface area contributed by atoms with Crippen LogP contribution in [0.4, 0.5) is 4.39 Å². The number of ether oxygens (including phenoxy) is 1. The summed E-state index contributed by atoms with van der Waals surface area (Å²) in [5.41, 5.74) is 3.51. The highest BCUT2D eigenvalue weighted by Crippen LogP contribution is 2.30. The second kappa shape index (κ2) is 11.5. The van der Waals surface area contributed by atoms with Crippen LogP contribution in [0, 0.1) is 19.7 Å². The van der Waals surface area contributed by atoms with E-state index >= 15 is 0 Å². The fraction of sp³-hybridized carbons (Fsp3) is 0.500. The largest absolute Gasteiger partial charge is 0.383 e. The minimum Gasteiger partial charge on any atom is -0.383 e. The van der Waals surface area contributed by atoms with Gasteiger partial charge in [0.25, 0.3) is 0 Å². The predicted molar refractivity (Wildman–Crippen MR) is 136 cm³/mol. The zero-order valence-electron chi connectivity index (χ0n) is 21.0. The third-order valence-corrected chi connectivity index (χ3v) is 7.71. The summed E-state index contributed by atoms with van der Waals surface area (Å²) in [7, 11) is 1.68. The number of piperidine rings is 1. The molecule has 1 atom stereocenters. The molecule has 0 N–H and O–H groups in total. The van der Waals surface area contributed by atoms with Crippen molar-refractivity contribution in [2.45, 2.75) is 57.8 Å². The zero-order chi connectivity index (χ0) is 24.9. The number of Topliss-reactive ketones (excluding diaryl/α,β-unsaturated/α-hetero) is 1. The molecule has 9 heteroatoms. The Labute approximate surface area is 210 Å². The van der Waals surface area contributed by atoms with Gasteiger partial charge in [0.1, 0.15) is 5.82 Å². The molecule has 3 aromatic rings. The van der Waals surface area contributed by atoms with Crippen LogP contribution in [-0.4, -0.2) is 62.6 Å². The van der Waals surface area contributed by atoms with Gasteiger partial charge in [0.2, 0.25) is 0 Å². The van der Waals surface area contributed by atoms with E-state index in [-0.39, 0.29) is 23.4 Å². The van der Waals surface area contributed by atoms with Gasteiger partial charge in [0, 0.05) is 36.3 Å². The average Bonchev–Trinajstić information content (AvgIpc) is 3.42. The van der Waals surface area contributed by atoms with E-state index in [0.717, 1.165) is 41.6 Å². The fourth-order valence-corrected chi connectivity index (χ4v) is 5.61. The maximum Gasteiger partial charge on any atom is 0.196 e. The van der Waals surface area contributed by atoms with Crippen LogP contribution in [0.15, 0.2) is 35.5 Å². The third-order valence-electron chi connectivity index (χ3n) is 6.78. The topological polar surface area (TPSA) is 65.2 Å². The molecule has 2 aromatic heterocycles. The van der Waals surface area contributed by atoms with Crippen LogP contribution >= 0.6 is 11.8 Å². The van der Waals surface area contributed by atoms with Gasteiger partial charge in [0.05, 0.1) is 18.4 Å². The van der Waals surface area contributed by atoms with Crippen molar-refractivity contribution in [3.63, 3.8) is 0 Å². The number of hydrogen-bond donors (Lipinski definition) is 0. The number of carbonyl (C=O) groups is 1. The molecule has 0 radical (unpaired) electrons. The van der Waals surface area contributed by atoms with Gasteiger partial charge in [-0.05, 0) is 77.0 Å². The highest BCUT2D eigenvalue weighted by Gasteiger charge is 2.26. The first-order chi connectivity index (χ1) is 16.9. The first-order valence-corrected chi connectivity index (χ1v) is 13.2. The van der Waals surface area contributed by atoms with Gasteiger partial charge in [-0.25, -0.2) is 4.39 Å². The van der Waals surface area contributed by atoms with Crippen LogP contribution in [0.1, 0.15) is 59.8 Å². The van der Waals surface area contributed by atoms with Crippen LogP contribution in [0.3, 0.4) is 0 Å². The predicted octanol–water partition coefficient (Wildman–Crippen LogP) is 4.99. The average molecular weight is 500 g/mol. The van der Waals surface area contributed by atoms with E-state index in [1.807, 2.05) is 24.5 Å². The molecule has 1 fully saturated rings. The standard InChI is InChI=1S/C26H34FN5O2S/c1-18-16-23(19(2)31(18)14-15-34-4)24(33)17-35-26-29-28-25(20(3)30-12-6-5-7-13-30)32(26)22-10-8-21(27)9-11-22/h8-11,16,20H,5-7,12-15,17H2,1-4H3. The molecule has 3 heterocycles. The highest BCUT2D eigenvalue weighted by molar-refractivity contribution is 7.99. The Hall–Kier alpha value is -2.49. The van der Waals surface area contributed by atoms with Gasteiger partial charge in [-0.1, -0.05) is 18.2 Å². The molecule has 1 saturated heterocycles. The number of halogens is 1. The molecular weight excluding hydrogens is 465 g/mol. The molecule has 1 aromatic carbocycles. The normalized spacial score (nSPS) is 15.5. The lowest BCUT2D eigenvalue weighted by atomic mass is 10.1. The lowest BCUT2D eigenvalue weighted by molar-refractivity contribution is 0.102. The van der Waals surface area contributed by atoms with Crippen molar-refractivity contribution in [1.82, 2.24) is 24.2 Å². The monoisotopic (exact) mass is 499 g/mol. The number of methoxy groups -OCH3 is 1. The summed E-state index contributed by atoms with van der Waals surface area (Å²) < 4.78 is 22.9. The Morgan fingerprint density at radius 1 is 1.14 bits per heavy atom. The minimum absolute atomic E-state index is 0.0473. The van der Waals surface area contributed by atoms with E-state index in [2.05, 4.69) is 26.6 Å². The molecule has 4 rings (SSSR count). The van der Waals surface area contributed by atoms with Crippen molar-refractivity contribution in [2.75, 3.05) is 32.6 Å². The van der Waals surface area contributed by atoms with Gasteiger partial charge in [-0.2, -0.15) is 0 Å². The summed E-state index contributed by atoms with van der Waals surface area (Å²) in [6.45, 7) is 9.48. The number of aryl methyl sites for hydroxylation is 1. The summed E-state index contributed by atoms with van der Waals surface area (Å²) in [4.78, 5) is 15.6. The summed E-state index contributed by atoms with van der Waals surface area (Å²) in [6.07, 6.45) is 3.60. The molecular formula is C26H34FN5O2S. The summed E-state index contributed by atoms with van der Waals surface area (Å²) in [5, 5.41) is 9.64. The van der Waals surface area contributed by atoms with Crippen molar-refractivity contribution in [2.24, 2.45) is 0 Å².